The third-order valence-corrected chi connectivity index (χ3v) is 7.28. The van der Waals surface area contributed by atoms with Crippen LogP contribution in [0.5, 0.6) is 0 Å². The smallest absolute Gasteiger partial charge is 0.245 e. The molecule has 1 saturated heterocycles. The number of anilines is 1. The number of carbonyl (C=O) groups is 3. The Balaban J connectivity index is 0.000000250. The van der Waals surface area contributed by atoms with Crippen molar-refractivity contribution in [1.29, 1.82) is 0 Å². The van der Waals surface area contributed by atoms with Crippen LogP contribution in [0.2, 0.25) is 0 Å². The highest BCUT2D eigenvalue weighted by Crippen LogP contribution is 2.25. The van der Waals surface area contributed by atoms with Gasteiger partial charge in [-0.25, -0.2) is 4.98 Å². The van der Waals surface area contributed by atoms with Gasteiger partial charge in [-0.1, -0.05) is 60.7 Å². The van der Waals surface area contributed by atoms with Crippen molar-refractivity contribution in [3.63, 3.8) is 0 Å². The van der Waals surface area contributed by atoms with Crippen LogP contribution in [0.4, 0.5) is 5.82 Å². The summed E-state index contributed by atoms with van der Waals surface area (Å²) in [5, 5.41) is 5.35. The Morgan fingerprint density at radius 3 is 2.35 bits per heavy atom. The summed E-state index contributed by atoms with van der Waals surface area (Å²) in [7, 11) is 0. The summed E-state index contributed by atoms with van der Waals surface area (Å²) in [5.41, 5.74) is 7.17. The molecule has 0 aliphatic carbocycles. The first-order valence-corrected chi connectivity index (χ1v) is 14.9. The largest absolute Gasteiger partial charge is 0.375 e. The van der Waals surface area contributed by atoms with Gasteiger partial charge in [0.15, 0.2) is 5.82 Å². The molecule has 10 heteroatoms. The Hall–Kier alpha value is -4.02. The van der Waals surface area contributed by atoms with Crippen molar-refractivity contribution in [1.82, 2.24) is 19.8 Å². The molecule has 1 fully saturated rings. The molecule has 2 aromatic carbocycles. The number of carbonyl (C=O) groups excluding carboxylic acids is 3. The first-order chi connectivity index (χ1) is 20.6. The molecule has 3 atom stereocenters. The number of nitrogens with zero attached hydrogens (tertiary/aromatic N) is 3. The van der Waals surface area contributed by atoms with Crippen molar-refractivity contribution in [3.8, 4) is 0 Å². The van der Waals surface area contributed by atoms with Crippen molar-refractivity contribution >= 4 is 24.0 Å². The molecule has 43 heavy (non-hydrogen) atoms. The molecule has 4 rings (SSSR count). The predicted molar refractivity (Wildman–Crippen MR) is 168 cm³/mol. The quantitative estimate of drug-likeness (QED) is 0.257. The fourth-order valence-electron chi connectivity index (χ4n) is 4.82. The third kappa shape index (κ3) is 11.0. The van der Waals surface area contributed by atoms with E-state index in [4.69, 9.17) is 10.5 Å². The van der Waals surface area contributed by atoms with E-state index in [1.54, 1.807) is 26.4 Å². The molecular formula is C33H46N6O4. The Bertz CT molecular complexity index is 1280. The maximum atomic E-state index is 13.1. The Morgan fingerprint density at radius 1 is 1.12 bits per heavy atom. The number of hydrogen-bond acceptors (Lipinski definition) is 6. The number of rotatable bonds is 13. The zero-order chi connectivity index (χ0) is 31.2. The number of likely N-dealkylation sites (tertiary alicyclic amines) is 1. The standard InChI is InChI=1S/C19H24N4O2.C14H22N2O2/c1-15-6-5-11-23(15)19(25)17(10-9-16-7-3-2-4-8-16)22-12-18(20-13-22)21-14-24;1-11(16-13(17)14(2,3)15)9-18-10-12-7-5-4-6-8-12/h2-4,7-8,12-15,17H,5-6,9-11H2,1H3,(H,21,24);4-8,11H,9-10,15H2,1-3H3,(H,16,17)/t15-,17?;11-/m10/s1. The molecular weight excluding hydrogens is 544 g/mol. The van der Waals surface area contributed by atoms with E-state index in [1.807, 2.05) is 64.9 Å². The monoisotopic (exact) mass is 590 g/mol. The van der Waals surface area contributed by atoms with Crippen molar-refractivity contribution in [3.05, 3.63) is 84.3 Å². The summed E-state index contributed by atoms with van der Waals surface area (Å²) in [6.07, 6.45) is 7.56. The Kier molecular flexibility index (Phi) is 12.9. The van der Waals surface area contributed by atoms with E-state index < -0.39 is 5.54 Å². The fourth-order valence-corrected chi connectivity index (χ4v) is 4.82. The number of imidazole rings is 1. The second-order valence-electron chi connectivity index (χ2n) is 11.6. The van der Waals surface area contributed by atoms with Gasteiger partial charge in [0.25, 0.3) is 0 Å². The number of aryl methyl sites for hydroxylation is 1. The minimum absolute atomic E-state index is 0.0518. The lowest BCUT2D eigenvalue weighted by molar-refractivity contribution is -0.135. The van der Waals surface area contributed by atoms with E-state index in [1.165, 1.54) is 5.56 Å². The summed E-state index contributed by atoms with van der Waals surface area (Å²) in [4.78, 5) is 41.5. The van der Waals surface area contributed by atoms with Gasteiger partial charge in [-0.2, -0.15) is 0 Å². The van der Waals surface area contributed by atoms with Crippen molar-refractivity contribution in [2.45, 2.75) is 83.6 Å². The van der Waals surface area contributed by atoms with Gasteiger partial charge in [-0.05, 0) is 64.5 Å². The molecule has 3 aromatic rings. The topological polar surface area (TPSA) is 132 Å². The van der Waals surface area contributed by atoms with Gasteiger partial charge in [0, 0.05) is 24.8 Å². The van der Waals surface area contributed by atoms with Gasteiger partial charge in [0.05, 0.1) is 25.1 Å². The molecule has 232 valence electrons. The number of hydrogen-bond donors (Lipinski definition) is 3. The number of nitrogens with two attached hydrogens (primary N) is 1. The first-order valence-electron chi connectivity index (χ1n) is 14.9. The van der Waals surface area contributed by atoms with Crippen molar-refractivity contribution in [2.75, 3.05) is 18.5 Å². The van der Waals surface area contributed by atoms with E-state index in [0.29, 0.717) is 31.9 Å². The van der Waals surface area contributed by atoms with Gasteiger partial charge in [0.1, 0.15) is 6.04 Å². The van der Waals surface area contributed by atoms with Crippen LogP contribution in [-0.4, -0.2) is 63.4 Å². The minimum Gasteiger partial charge on any atom is -0.375 e. The lowest BCUT2D eigenvalue weighted by atomic mass is 10.0. The fraction of sp³-hybridized carbons (Fsp3) is 0.455. The second-order valence-corrected chi connectivity index (χ2v) is 11.6. The van der Waals surface area contributed by atoms with Gasteiger partial charge >= 0.3 is 0 Å². The lowest BCUT2D eigenvalue weighted by Crippen LogP contribution is -2.52. The third-order valence-electron chi connectivity index (χ3n) is 7.28. The van der Waals surface area contributed by atoms with Gasteiger partial charge in [-0.15, -0.1) is 0 Å². The molecule has 4 N–H and O–H groups in total. The van der Waals surface area contributed by atoms with Gasteiger partial charge in [-0.3, -0.25) is 14.4 Å². The molecule has 0 bridgehead atoms. The average molecular weight is 591 g/mol. The molecule has 1 aliphatic heterocycles. The van der Waals surface area contributed by atoms with Crippen LogP contribution in [0, 0.1) is 0 Å². The van der Waals surface area contributed by atoms with E-state index in [9.17, 15) is 14.4 Å². The van der Waals surface area contributed by atoms with E-state index in [0.717, 1.165) is 31.4 Å². The molecule has 1 unspecified atom stereocenters. The highest BCUT2D eigenvalue weighted by atomic mass is 16.5. The van der Waals surface area contributed by atoms with E-state index >= 15 is 0 Å². The van der Waals surface area contributed by atoms with E-state index in [-0.39, 0.29) is 29.9 Å². The van der Waals surface area contributed by atoms with Crippen LogP contribution >= 0.6 is 0 Å². The molecule has 0 spiro atoms. The summed E-state index contributed by atoms with van der Waals surface area (Å²) in [6.45, 7) is 9.20. The molecule has 0 saturated carbocycles. The van der Waals surface area contributed by atoms with Crippen LogP contribution in [0.25, 0.3) is 0 Å². The second kappa shape index (κ2) is 16.6. The normalized spacial score (nSPS) is 16.0. The van der Waals surface area contributed by atoms with Gasteiger partial charge in [0.2, 0.25) is 18.2 Å². The van der Waals surface area contributed by atoms with Crippen molar-refractivity contribution in [2.24, 2.45) is 5.73 Å². The lowest BCUT2D eigenvalue weighted by Gasteiger charge is -2.27. The highest BCUT2D eigenvalue weighted by Gasteiger charge is 2.31. The molecule has 1 aliphatic rings. The van der Waals surface area contributed by atoms with Crippen LogP contribution in [-0.2, 0) is 32.1 Å². The van der Waals surface area contributed by atoms with Crippen LogP contribution in [0.15, 0.2) is 73.2 Å². The zero-order valence-corrected chi connectivity index (χ0v) is 25.7. The maximum absolute atomic E-state index is 13.1. The maximum Gasteiger partial charge on any atom is 0.245 e. The average Bonchev–Trinajstić information content (AvgIpc) is 3.63. The van der Waals surface area contributed by atoms with E-state index in [2.05, 4.69) is 34.7 Å². The SMILES string of the molecule is C[C@@H](COCc1ccccc1)NC(=O)C(C)(C)N.C[C@@H]1CCCN1C(=O)C(CCc1ccccc1)n1cnc(NC=O)c1. The number of ether oxygens (including phenoxy) is 1. The van der Waals surface area contributed by atoms with Gasteiger partial charge < -0.3 is 30.6 Å². The summed E-state index contributed by atoms with van der Waals surface area (Å²) in [6, 6.07) is 20.0. The highest BCUT2D eigenvalue weighted by molar-refractivity contribution is 5.85. The predicted octanol–water partition coefficient (Wildman–Crippen LogP) is 4.08. The number of benzene rings is 2. The molecule has 1 aromatic heterocycles. The number of aromatic nitrogens is 2. The van der Waals surface area contributed by atoms with Crippen LogP contribution in [0.3, 0.4) is 0 Å². The van der Waals surface area contributed by atoms with Crippen molar-refractivity contribution < 1.29 is 19.1 Å². The summed E-state index contributed by atoms with van der Waals surface area (Å²) in [5.74, 6) is 0.427. The number of nitrogens with one attached hydrogen (secondary N) is 2. The summed E-state index contributed by atoms with van der Waals surface area (Å²) >= 11 is 0. The Labute approximate surface area is 255 Å². The van der Waals surface area contributed by atoms with Crippen LogP contribution < -0.4 is 16.4 Å². The Morgan fingerprint density at radius 2 is 1.77 bits per heavy atom. The minimum atomic E-state index is -0.853. The summed E-state index contributed by atoms with van der Waals surface area (Å²) < 4.78 is 7.36. The molecule has 0 radical (unpaired) electrons. The number of amides is 3. The molecule has 3 amide bonds. The molecule has 2 heterocycles. The first kappa shape index (κ1) is 33.5. The zero-order valence-electron chi connectivity index (χ0n) is 25.7. The van der Waals surface area contributed by atoms with Crippen LogP contribution in [0.1, 0.15) is 64.1 Å². The molecule has 10 nitrogen and oxygen atoms in total.